The molecule has 0 aliphatic rings. The number of alkyl halides is 3. The van der Waals surface area contributed by atoms with Crippen LogP contribution in [-0.2, 0) is 12.7 Å². The predicted octanol–water partition coefficient (Wildman–Crippen LogP) is 4.37. The van der Waals surface area contributed by atoms with Crippen LogP contribution >= 0.6 is 0 Å². The largest absolute Gasteiger partial charge is 0.475 e. The first-order valence-electron chi connectivity index (χ1n) is 7.26. The Labute approximate surface area is 137 Å². The number of ether oxygens (including phenoxy) is 1. The summed E-state index contributed by atoms with van der Waals surface area (Å²) in [5.74, 6) is 0.501. The molecule has 0 spiro atoms. The van der Waals surface area contributed by atoms with Crippen LogP contribution in [0.25, 0.3) is 0 Å². The average Bonchev–Trinajstić information content (AvgIpc) is 2.52. The summed E-state index contributed by atoms with van der Waals surface area (Å²) >= 11 is 0. The number of rotatable bonds is 5. The van der Waals surface area contributed by atoms with Gasteiger partial charge < -0.3 is 10.1 Å². The second-order valence-corrected chi connectivity index (χ2v) is 5.39. The van der Waals surface area contributed by atoms with Gasteiger partial charge in [0.1, 0.15) is 6.07 Å². The number of benzene rings is 1. The highest BCUT2D eigenvalue weighted by atomic mass is 19.4. The van der Waals surface area contributed by atoms with Crippen LogP contribution in [0, 0.1) is 11.3 Å². The molecule has 0 radical (unpaired) electrons. The Morgan fingerprint density at radius 3 is 2.54 bits per heavy atom. The number of nitrogens with zero attached hydrogens (tertiary/aromatic N) is 2. The van der Waals surface area contributed by atoms with Gasteiger partial charge >= 0.3 is 6.18 Å². The summed E-state index contributed by atoms with van der Waals surface area (Å²) in [4.78, 5) is 4.14. The minimum Gasteiger partial charge on any atom is -0.475 e. The molecule has 0 atom stereocenters. The van der Waals surface area contributed by atoms with Crippen molar-refractivity contribution in [3.8, 4) is 11.9 Å². The predicted molar refractivity (Wildman–Crippen MR) is 83.5 cm³/mol. The zero-order chi connectivity index (χ0) is 17.7. The third-order valence-corrected chi connectivity index (χ3v) is 3.10. The Kier molecular flexibility index (Phi) is 5.29. The van der Waals surface area contributed by atoms with Crippen molar-refractivity contribution >= 4 is 5.69 Å². The molecule has 2 aromatic rings. The number of hydrogen-bond acceptors (Lipinski definition) is 4. The molecule has 4 nitrogen and oxygen atoms in total. The maximum atomic E-state index is 12.7. The summed E-state index contributed by atoms with van der Waals surface area (Å²) in [5.41, 5.74) is 0.252. The first-order chi connectivity index (χ1) is 11.3. The Bertz CT molecular complexity index is 734. The molecule has 0 aliphatic heterocycles. The van der Waals surface area contributed by atoms with Crippen molar-refractivity contribution in [3.63, 3.8) is 0 Å². The molecule has 0 amide bonds. The van der Waals surface area contributed by atoms with E-state index in [0.29, 0.717) is 18.1 Å². The van der Waals surface area contributed by atoms with Gasteiger partial charge in [-0.1, -0.05) is 6.07 Å². The highest BCUT2D eigenvalue weighted by Gasteiger charge is 2.31. The zero-order valence-corrected chi connectivity index (χ0v) is 13.2. The van der Waals surface area contributed by atoms with Crippen LogP contribution in [0.15, 0.2) is 36.5 Å². The van der Waals surface area contributed by atoms with Crippen LogP contribution in [0.3, 0.4) is 0 Å². The minimum absolute atomic E-state index is 0.0202. The molecule has 7 heteroatoms. The van der Waals surface area contributed by atoms with Gasteiger partial charge in [-0.15, -0.1) is 0 Å². The van der Waals surface area contributed by atoms with Crippen molar-refractivity contribution in [3.05, 3.63) is 53.2 Å². The van der Waals surface area contributed by atoms with Gasteiger partial charge in [0.15, 0.2) is 0 Å². The third kappa shape index (κ3) is 4.62. The molecular formula is C17H16F3N3O. The Morgan fingerprint density at radius 1 is 1.25 bits per heavy atom. The molecule has 0 unspecified atom stereocenters. The summed E-state index contributed by atoms with van der Waals surface area (Å²) < 4.78 is 43.4. The number of halogens is 3. The summed E-state index contributed by atoms with van der Waals surface area (Å²) in [6, 6.07) is 8.33. The van der Waals surface area contributed by atoms with Crippen LogP contribution in [0.2, 0.25) is 0 Å². The number of nitrogens with one attached hydrogen (secondary N) is 1. The molecule has 1 N–H and O–H groups in total. The Morgan fingerprint density at radius 2 is 2.00 bits per heavy atom. The number of aromatic nitrogens is 1. The fraction of sp³-hybridized carbons (Fsp3) is 0.294. The molecule has 0 aliphatic carbocycles. The molecule has 0 bridgehead atoms. The van der Waals surface area contributed by atoms with E-state index >= 15 is 0 Å². The fourth-order valence-electron chi connectivity index (χ4n) is 1.99. The normalized spacial score (nSPS) is 11.2. The minimum atomic E-state index is -4.47. The maximum absolute atomic E-state index is 12.7. The van der Waals surface area contributed by atoms with Gasteiger partial charge in [0.05, 0.1) is 22.9 Å². The van der Waals surface area contributed by atoms with E-state index in [1.807, 2.05) is 13.8 Å². The van der Waals surface area contributed by atoms with E-state index in [-0.39, 0.29) is 11.7 Å². The lowest BCUT2D eigenvalue weighted by molar-refractivity contribution is -0.137. The van der Waals surface area contributed by atoms with Gasteiger partial charge in [-0.05, 0) is 37.6 Å². The molecule has 2 rings (SSSR count). The van der Waals surface area contributed by atoms with E-state index in [4.69, 9.17) is 10.00 Å². The number of nitriles is 1. The monoisotopic (exact) mass is 335 g/mol. The van der Waals surface area contributed by atoms with E-state index in [1.165, 1.54) is 6.07 Å². The van der Waals surface area contributed by atoms with E-state index < -0.39 is 11.7 Å². The van der Waals surface area contributed by atoms with Crippen molar-refractivity contribution in [2.24, 2.45) is 0 Å². The van der Waals surface area contributed by atoms with E-state index in [2.05, 4.69) is 10.3 Å². The molecule has 1 aromatic carbocycles. The standard InChI is InChI=1S/C17H16F3N3O/c1-11(2)24-16-6-3-12(10-23-16)9-22-15-5-4-14(17(18,19)20)7-13(15)8-21/h3-7,10-11,22H,9H2,1-2H3. The van der Waals surface area contributed by atoms with Crippen LogP contribution < -0.4 is 10.1 Å². The van der Waals surface area contributed by atoms with Crippen molar-refractivity contribution in [2.75, 3.05) is 5.32 Å². The zero-order valence-electron chi connectivity index (χ0n) is 13.2. The average molecular weight is 335 g/mol. The second-order valence-electron chi connectivity index (χ2n) is 5.39. The van der Waals surface area contributed by atoms with Gasteiger partial charge in [0, 0.05) is 18.8 Å². The molecule has 126 valence electrons. The first-order valence-corrected chi connectivity index (χ1v) is 7.26. The fourth-order valence-corrected chi connectivity index (χ4v) is 1.99. The topological polar surface area (TPSA) is 57.9 Å². The van der Waals surface area contributed by atoms with Crippen molar-refractivity contribution in [1.29, 1.82) is 5.26 Å². The van der Waals surface area contributed by atoms with Crippen LogP contribution in [0.5, 0.6) is 5.88 Å². The summed E-state index contributed by atoms with van der Waals surface area (Å²) in [6.45, 7) is 4.12. The lowest BCUT2D eigenvalue weighted by Crippen LogP contribution is -2.08. The van der Waals surface area contributed by atoms with Crippen LogP contribution in [0.4, 0.5) is 18.9 Å². The Hall–Kier alpha value is -2.75. The van der Waals surface area contributed by atoms with Gasteiger partial charge in [-0.2, -0.15) is 18.4 Å². The lowest BCUT2D eigenvalue weighted by atomic mass is 10.1. The molecule has 1 aromatic heterocycles. The highest BCUT2D eigenvalue weighted by molar-refractivity contribution is 5.59. The van der Waals surface area contributed by atoms with Gasteiger partial charge in [0.25, 0.3) is 0 Å². The second kappa shape index (κ2) is 7.21. The van der Waals surface area contributed by atoms with Crippen molar-refractivity contribution in [2.45, 2.75) is 32.7 Å². The van der Waals surface area contributed by atoms with Gasteiger partial charge in [-0.3, -0.25) is 0 Å². The third-order valence-electron chi connectivity index (χ3n) is 3.10. The van der Waals surface area contributed by atoms with Gasteiger partial charge in [0.2, 0.25) is 5.88 Å². The lowest BCUT2D eigenvalue weighted by Gasteiger charge is -2.12. The van der Waals surface area contributed by atoms with E-state index in [0.717, 1.165) is 17.7 Å². The van der Waals surface area contributed by atoms with E-state index in [1.54, 1.807) is 24.4 Å². The molecular weight excluding hydrogens is 319 g/mol. The van der Waals surface area contributed by atoms with Crippen LogP contribution in [-0.4, -0.2) is 11.1 Å². The quantitative estimate of drug-likeness (QED) is 0.881. The molecule has 0 fully saturated rings. The smallest absolute Gasteiger partial charge is 0.416 e. The Balaban J connectivity index is 2.08. The van der Waals surface area contributed by atoms with Crippen molar-refractivity contribution in [1.82, 2.24) is 4.98 Å². The number of hydrogen-bond donors (Lipinski definition) is 1. The SMILES string of the molecule is CC(C)Oc1ccc(CNc2ccc(C(F)(F)F)cc2C#N)cn1. The van der Waals surface area contributed by atoms with Crippen LogP contribution in [0.1, 0.15) is 30.5 Å². The summed E-state index contributed by atoms with van der Waals surface area (Å²) in [5, 5.41) is 12.0. The first kappa shape index (κ1) is 17.6. The van der Waals surface area contributed by atoms with Gasteiger partial charge in [-0.25, -0.2) is 4.98 Å². The summed E-state index contributed by atoms with van der Waals surface area (Å²) in [7, 11) is 0. The molecule has 24 heavy (non-hydrogen) atoms. The number of anilines is 1. The maximum Gasteiger partial charge on any atom is 0.416 e. The van der Waals surface area contributed by atoms with E-state index in [9.17, 15) is 13.2 Å². The highest BCUT2D eigenvalue weighted by Crippen LogP contribution is 2.31. The molecule has 1 heterocycles. The summed E-state index contributed by atoms with van der Waals surface area (Å²) in [6.07, 6.45) is -2.84. The molecule has 0 saturated heterocycles. The van der Waals surface area contributed by atoms with Crippen molar-refractivity contribution < 1.29 is 17.9 Å². The molecule has 0 saturated carbocycles. The number of pyridine rings is 1.